The summed E-state index contributed by atoms with van der Waals surface area (Å²) in [5.41, 5.74) is 1.35. The fraction of sp³-hybridized carbons (Fsp3) is 0.250. The Morgan fingerprint density at radius 1 is 1.24 bits per heavy atom. The summed E-state index contributed by atoms with van der Waals surface area (Å²) < 4.78 is 18.5. The molecule has 2 aromatic rings. The number of halogens is 1. The zero-order valence-electron chi connectivity index (χ0n) is 11.8. The Kier molecular flexibility index (Phi) is 5.26. The van der Waals surface area contributed by atoms with Crippen LogP contribution in [0.4, 0.5) is 4.39 Å². The van der Waals surface area contributed by atoms with E-state index in [1.807, 2.05) is 6.07 Å². The Balaban J connectivity index is 1.84. The summed E-state index contributed by atoms with van der Waals surface area (Å²) in [6.07, 6.45) is 2.24. The van der Waals surface area contributed by atoms with Gasteiger partial charge in [0.1, 0.15) is 5.82 Å². The molecule has 0 saturated carbocycles. The molecule has 0 saturated heterocycles. The van der Waals surface area contributed by atoms with Gasteiger partial charge in [0, 0.05) is 24.7 Å². The standard InChI is InChI=1S/C16H17FN2O2/c1-21-16-13(6-4-10-18-16)11-19-15(20)9-8-12-5-2-3-7-14(12)17/h2-7,10H,8-9,11H2,1H3,(H,19,20). The number of nitrogens with one attached hydrogen (secondary N) is 1. The van der Waals surface area contributed by atoms with Gasteiger partial charge in [0.2, 0.25) is 11.8 Å². The molecule has 0 atom stereocenters. The summed E-state index contributed by atoms with van der Waals surface area (Å²) in [7, 11) is 1.53. The van der Waals surface area contributed by atoms with Crippen LogP contribution >= 0.6 is 0 Å². The van der Waals surface area contributed by atoms with Gasteiger partial charge < -0.3 is 10.1 Å². The minimum atomic E-state index is -0.278. The number of carbonyl (C=O) groups excluding carboxylic acids is 1. The topological polar surface area (TPSA) is 51.2 Å². The van der Waals surface area contributed by atoms with Crippen molar-refractivity contribution in [3.05, 3.63) is 59.5 Å². The van der Waals surface area contributed by atoms with Crippen molar-refractivity contribution in [1.82, 2.24) is 10.3 Å². The smallest absolute Gasteiger partial charge is 0.220 e. The maximum Gasteiger partial charge on any atom is 0.220 e. The number of carbonyl (C=O) groups is 1. The average molecular weight is 288 g/mol. The average Bonchev–Trinajstić information content (AvgIpc) is 2.52. The van der Waals surface area contributed by atoms with Crippen molar-refractivity contribution in [2.45, 2.75) is 19.4 Å². The zero-order chi connectivity index (χ0) is 15.1. The Labute approximate surface area is 123 Å². The molecule has 0 unspecified atom stereocenters. The number of methoxy groups -OCH3 is 1. The number of rotatable bonds is 6. The van der Waals surface area contributed by atoms with Gasteiger partial charge in [-0.25, -0.2) is 9.37 Å². The van der Waals surface area contributed by atoms with Crippen LogP contribution in [0.3, 0.4) is 0 Å². The number of amides is 1. The monoisotopic (exact) mass is 288 g/mol. The van der Waals surface area contributed by atoms with Crippen LogP contribution in [0.2, 0.25) is 0 Å². The third-order valence-corrected chi connectivity index (χ3v) is 3.10. The highest BCUT2D eigenvalue weighted by Crippen LogP contribution is 2.13. The molecular formula is C16H17FN2O2. The van der Waals surface area contributed by atoms with Gasteiger partial charge in [-0.15, -0.1) is 0 Å². The van der Waals surface area contributed by atoms with E-state index in [0.717, 1.165) is 5.56 Å². The Morgan fingerprint density at radius 3 is 2.76 bits per heavy atom. The van der Waals surface area contributed by atoms with Crippen LogP contribution in [-0.2, 0) is 17.8 Å². The zero-order valence-corrected chi connectivity index (χ0v) is 11.8. The minimum absolute atomic E-state index is 0.135. The predicted molar refractivity (Wildman–Crippen MR) is 77.4 cm³/mol. The van der Waals surface area contributed by atoms with Crippen molar-refractivity contribution in [1.29, 1.82) is 0 Å². The second kappa shape index (κ2) is 7.38. The van der Waals surface area contributed by atoms with E-state index < -0.39 is 0 Å². The Bertz CT molecular complexity index is 617. The first-order valence-electron chi connectivity index (χ1n) is 6.68. The van der Waals surface area contributed by atoms with Crippen molar-refractivity contribution in [2.24, 2.45) is 0 Å². The molecule has 110 valence electrons. The highest BCUT2D eigenvalue weighted by atomic mass is 19.1. The SMILES string of the molecule is COc1ncccc1CNC(=O)CCc1ccccc1F. The number of benzene rings is 1. The number of aromatic nitrogens is 1. The molecule has 2 rings (SSSR count). The molecule has 1 aromatic heterocycles. The lowest BCUT2D eigenvalue weighted by atomic mass is 10.1. The minimum Gasteiger partial charge on any atom is -0.481 e. The van der Waals surface area contributed by atoms with E-state index in [0.29, 0.717) is 24.4 Å². The predicted octanol–water partition coefficient (Wildman–Crippen LogP) is 2.48. The highest BCUT2D eigenvalue weighted by molar-refractivity contribution is 5.76. The van der Waals surface area contributed by atoms with E-state index in [2.05, 4.69) is 10.3 Å². The van der Waals surface area contributed by atoms with Crippen molar-refractivity contribution in [3.63, 3.8) is 0 Å². The van der Waals surface area contributed by atoms with Gasteiger partial charge in [-0.3, -0.25) is 4.79 Å². The third kappa shape index (κ3) is 4.27. The molecule has 0 spiro atoms. The van der Waals surface area contributed by atoms with Crippen molar-refractivity contribution in [3.8, 4) is 5.88 Å². The molecule has 0 fully saturated rings. The van der Waals surface area contributed by atoms with Crippen LogP contribution in [0.5, 0.6) is 5.88 Å². The third-order valence-electron chi connectivity index (χ3n) is 3.10. The number of ether oxygens (including phenoxy) is 1. The van der Waals surface area contributed by atoms with Crippen molar-refractivity contribution < 1.29 is 13.9 Å². The Hall–Kier alpha value is -2.43. The van der Waals surface area contributed by atoms with E-state index in [1.165, 1.54) is 13.2 Å². The summed E-state index contributed by atoms with van der Waals surface area (Å²) in [6.45, 7) is 0.340. The van der Waals surface area contributed by atoms with Gasteiger partial charge in [0.25, 0.3) is 0 Å². The fourth-order valence-corrected chi connectivity index (χ4v) is 1.97. The van der Waals surface area contributed by atoms with Gasteiger partial charge in [0.15, 0.2) is 0 Å². The van der Waals surface area contributed by atoms with Crippen LogP contribution in [-0.4, -0.2) is 18.0 Å². The molecule has 1 heterocycles. The number of hydrogen-bond acceptors (Lipinski definition) is 3. The molecule has 0 radical (unpaired) electrons. The summed E-state index contributed by atoms with van der Waals surface area (Å²) in [5, 5.41) is 2.78. The lowest BCUT2D eigenvalue weighted by molar-refractivity contribution is -0.121. The van der Waals surface area contributed by atoms with E-state index in [9.17, 15) is 9.18 Å². The second-order valence-electron chi connectivity index (χ2n) is 4.54. The van der Waals surface area contributed by atoms with Crippen LogP contribution in [0.15, 0.2) is 42.6 Å². The lowest BCUT2D eigenvalue weighted by Gasteiger charge is -2.08. The van der Waals surface area contributed by atoms with E-state index in [4.69, 9.17) is 4.74 Å². The molecule has 5 heteroatoms. The second-order valence-corrected chi connectivity index (χ2v) is 4.54. The molecule has 0 aliphatic carbocycles. The maximum atomic E-state index is 13.4. The Morgan fingerprint density at radius 2 is 2.00 bits per heavy atom. The number of pyridine rings is 1. The molecule has 1 N–H and O–H groups in total. The summed E-state index contributed by atoms with van der Waals surface area (Å²) in [4.78, 5) is 15.9. The normalized spacial score (nSPS) is 10.2. The molecule has 4 nitrogen and oxygen atoms in total. The first kappa shape index (κ1) is 15.0. The first-order chi connectivity index (χ1) is 10.2. The quantitative estimate of drug-likeness (QED) is 0.888. The number of hydrogen-bond donors (Lipinski definition) is 1. The van der Waals surface area contributed by atoms with Crippen LogP contribution < -0.4 is 10.1 Å². The van der Waals surface area contributed by atoms with Gasteiger partial charge in [-0.1, -0.05) is 24.3 Å². The summed E-state index contributed by atoms with van der Waals surface area (Å²) >= 11 is 0. The molecule has 1 aromatic carbocycles. The van der Waals surface area contributed by atoms with Crippen molar-refractivity contribution >= 4 is 5.91 Å². The van der Waals surface area contributed by atoms with Crippen LogP contribution in [0, 0.1) is 5.82 Å². The number of aryl methyl sites for hydroxylation is 1. The van der Waals surface area contributed by atoms with E-state index in [1.54, 1.807) is 30.5 Å². The van der Waals surface area contributed by atoms with Gasteiger partial charge >= 0.3 is 0 Å². The van der Waals surface area contributed by atoms with Crippen molar-refractivity contribution in [2.75, 3.05) is 7.11 Å². The molecular weight excluding hydrogens is 271 g/mol. The summed E-state index contributed by atoms with van der Waals surface area (Å²) in [5.74, 6) is 0.0790. The highest BCUT2D eigenvalue weighted by Gasteiger charge is 2.08. The van der Waals surface area contributed by atoms with Gasteiger partial charge in [0.05, 0.1) is 7.11 Å². The van der Waals surface area contributed by atoms with Crippen LogP contribution in [0.1, 0.15) is 17.5 Å². The molecule has 0 aliphatic heterocycles. The molecule has 0 bridgehead atoms. The van der Waals surface area contributed by atoms with E-state index >= 15 is 0 Å². The summed E-state index contributed by atoms with van der Waals surface area (Å²) in [6, 6.07) is 10.1. The first-order valence-corrected chi connectivity index (χ1v) is 6.68. The lowest BCUT2D eigenvalue weighted by Crippen LogP contribution is -2.23. The van der Waals surface area contributed by atoms with Gasteiger partial charge in [-0.2, -0.15) is 0 Å². The fourth-order valence-electron chi connectivity index (χ4n) is 1.97. The largest absolute Gasteiger partial charge is 0.481 e. The van der Waals surface area contributed by atoms with Crippen LogP contribution in [0.25, 0.3) is 0 Å². The molecule has 21 heavy (non-hydrogen) atoms. The van der Waals surface area contributed by atoms with Gasteiger partial charge in [-0.05, 0) is 24.1 Å². The van der Waals surface area contributed by atoms with E-state index in [-0.39, 0.29) is 18.1 Å². The maximum absolute atomic E-state index is 13.4. The molecule has 0 aliphatic rings. The molecule has 1 amide bonds. The number of nitrogens with zero attached hydrogens (tertiary/aromatic N) is 1.